The highest BCUT2D eigenvalue weighted by Crippen LogP contribution is 2.28. The van der Waals surface area contributed by atoms with Crippen LogP contribution in [0.4, 0.5) is 0 Å². The highest BCUT2D eigenvalue weighted by molar-refractivity contribution is 6.28. The maximum absolute atomic E-state index is 5.57. The van der Waals surface area contributed by atoms with E-state index in [1.54, 1.807) is 0 Å². The Bertz CT molecular complexity index is 305. The molecular weight excluding hydrogens is 180 g/mol. The minimum Gasteiger partial charge on any atom is -0.483 e. The van der Waals surface area contributed by atoms with Gasteiger partial charge in [0.25, 0.3) is 5.88 Å². The fourth-order valence-corrected chi connectivity index (χ4v) is 1.08. The van der Waals surface area contributed by atoms with Gasteiger partial charge in [-0.05, 0) is 18.5 Å². The largest absolute Gasteiger partial charge is 0.483 e. The SMILES string of the molecule is CC1COc2cnc(Cl)nc2O1. The molecule has 12 heavy (non-hydrogen) atoms. The first kappa shape index (κ1) is 7.61. The Morgan fingerprint density at radius 1 is 1.67 bits per heavy atom. The minimum absolute atomic E-state index is 0.0171. The molecule has 64 valence electrons. The van der Waals surface area contributed by atoms with Crippen LogP contribution in [0.5, 0.6) is 11.6 Å². The van der Waals surface area contributed by atoms with E-state index in [0.717, 1.165) is 0 Å². The average Bonchev–Trinajstić information content (AvgIpc) is 2.03. The second-order valence-corrected chi connectivity index (χ2v) is 2.89. The second-order valence-electron chi connectivity index (χ2n) is 2.55. The zero-order chi connectivity index (χ0) is 8.55. The van der Waals surface area contributed by atoms with E-state index in [9.17, 15) is 0 Å². The molecular formula is C7H7ClN2O2. The molecule has 1 aromatic heterocycles. The van der Waals surface area contributed by atoms with Crippen LogP contribution in [-0.4, -0.2) is 22.7 Å². The molecule has 4 nitrogen and oxygen atoms in total. The van der Waals surface area contributed by atoms with E-state index >= 15 is 0 Å². The molecule has 0 N–H and O–H groups in total. The molecule has 0 saturated heterocycles. The van der Waals surface area contributed by atoms with Gasteiger partial charge in [-0.25, -0.2) is 4.98 Å². The maximum atomic E-state index is 5.57. The van der Waals surface area contributed by atoms with Crippen LogP contribution in [0.15, 0.2) is 6.20 Å². The molecule has 5 heteroatoms. The Labute approximate surface area is 74.5 Å². The number of rotatable bonds is 0. The van der Waals surface area contributed by atoms with Gasteiger partial charge in [0.1, 0.15) is 12.7 Å². The molecule has 0 fully saturated rings. The quantitative estimate of drug-likeness (QED) is 0.573. The molecule has 1 aliphatic heterocycles. The third-order valence-corrected chi connectivity index (χ3v) is 1.66. The van der Waals surface area contributed by atoms with E-state index < -0.39 is 0 Å². The predicted octanol–water partition coefficient (Wildman–Crippen LogP) is 1.29. The number of fused-ring (bicyclic) bond motifs is 1. The first-order chi connectivity index (χ1) is 5.75. The van der Waals surface area contributed by atoms with Crippen LogP contribution in [0, 0.1) is 0 Å². The molecule has 1 atom stereocenters. The number of aromatic nitrogens is 2. The summed E-state index contributed by atoms with van der Waals surface area (Å²) in [6.07, 6.45) is 1.53. The Morgan fingerprint density at radius 2 is 2.50 bits per heavy atom. The summed E-state index contributed by atoms with van der Waals surface area (Å²) in [5.74, 6) is 0.978. The molecule has 0 spiro atoms. The van der Waals surface area contributed by atoms with Crippen molar-refractivity contribution in [3.8, 4) is 11.6 Å². The van der Waals surface area contributed by atoms with Crippen LogP contribution in [0.1, 0.15) is 6.92 Å². The lowest BCUT2D eigenvalue weighted by atomic mass is 10.4. The Kier molecular flexibility index (Phi) is 1.77. The first-order valence-electron chi connectivity index (χ1n) is 3.57. The Morgan fingerprint density at radius 3 is 3.33 bits per heavy atom. The van der Waals surface area contributed by atoms with E-state index in [1.165, 1.54) is 6.20 Å². The van der Waals surface area contributed by atoms with Gasteiger partial charge in [-0.3, -0.25) is 0 Å². The fraction of sp³-hybridized carbons (Fsp3) is 0.429. The highest BCUT2D eigenvalue weighted by Gasteiger charge is 2.18. The predicted molar refractivity (Wildman–Crippen MR) is 42.6 cm³/mol. The first-order valence-corrected chi connectivity index (χ1v) is 3.95. The number of hydrogen-bond acceptors (Lipinski definition) is 4. The lowest BCUT2D eigenvalue weighted by Crippen LogP contribution is -2.26. The molecule has 0 aliphatic carbocycles. The molecule has 2 heterocycles. The lowest BCUT2D eigenvalue weighted by Gasteiger charge is -2.21. The van der Waals surface area contributed by atoms with Gasteiger partial charge in [0.2, 0.25) is 5.28 Å². The minimum atomic E-state index is 0.0171. The smallest absolute Gasteiger partial charge is 0.261 e. The summed E-state index contributed by atoms with van der Waals surface area (Å²) in [6, 6.07) is 0. The number of hydrogen-bond donors (Lipinski definition) is 0. The van der Waals surface area contributed by atoms with E-state index in [4.69, 9.17) is 21.1 Å². The van der Waals surface area contributed by atoms with E-state index in [2.05, 4.69) is 9.97 Å². The average molecular weight is 187 g/mol. The molecule has 1 unspecified atom stereocenters. The Balaban J connectivity index is 2.37. The second kappa shape index (κ2) is 2.79. The van der Waals surface area contributed by atoms with Crippen molar-refractivity contribution in [3.05, 3.63) is 11.5 Å². The van der Waals surface area contributed by atoms with E-state index in [0.29, 0.717) is 18.2 Å². The molecule has 0 bridgehead atoms. The van der Waals surface area contributed by atoms with Crippen LogP contribution < -0.4 is 9.47 Å². The van der Waals surface area contributed by atoms with E-state index in [1.807, 2.05) is 6.92 Å². The van der Waals surface area contributed by atoms with Crippen molar-refractivity contribution >= 4 is 11.6 Å². The van der Waals surface area contributed by atoms with Crippen molar-refractivity contribution in [2.45, 2.75) is 13.0 Å². The third kappa shape index (κ3) is 1.30. The molecule has 0 amide bonds. The molecule has 1 aliphatic rings. The summed E-state index contributed by atoms with van der Waals surface area (Å²) in [5.41, 5.74) is 0. The monoisotopic (exact) mass is 186 g/mol. The van der Waals surface area contributed by atoms with Gasteiger partial charge in [-0.1, -0.05) is 0 Å². The zero-order valence-electron chi connectivity index (χ0n) is 6.45. The summed E-state index contributed by atoms with van der Waals surface area (Å²) in [7, 11) is 0. The third-order valence-electron chi connectivity index (χ3n) is 1.48. The Hall–Kier alpha value is -1.03. The van der Waals surface area contributed by atoms with Crippen LogP contribution in [-0.2, 0) is 0 Å². The van der Waals surface area contributed by atoms with Gasteiger partial charge < -0.3 is 9.47 Å². The number of nitrogens with zero attached hydrogens (tertiary/aromatic N) is 2. The van der Waals surface area contributed by atoms with Crippen LogP contribution in [0.2, 0.25) is 5.28 Å². The van der Waals surface area contributed by atoms with Crippen molar-refractivity contribution in [2.24, 2.45) is 0 Å². The van der Waals surface area contributed by atoms with Crippen molar-refractivity contribution in [2.75, 3.05) is 6.61 Å². The summed E-state index contributed by atoms with van der Waals surface area (Å²) >= 11 is 5.57. The van der Waals surface area contributed by atoms with Crippen molar-refractivity contribution in [1.29, 1.82) is 0 Å². The molecule has 0 aromatic carbocycles. The maximum Gasteiger partial charge on any atom is 0.261 e. The zero-order valence-corrected chi connectivity index (χ0v) is 7.21. The number of halogens is 1. The van der Waals surface area contributed by atoms with Crippen molar-refractivity contribution in [3.63, 3.8) is 0 Å². The summed E-state index contributed by atoms with van der Waals surface area (Å²) < 4.78 is 10.6. The van der Waals surface area contributed by atoms with Crippen LogP contribution in [0.25, 0.3) is 0 Å². The molecule has 0 radical (unpaired) electrons. The number of ether oxygens (including phenoxy) is 2. The van der Waals surface area contributed by atoms with Crippen molar-refractivity contribution in [1.82, 2.24) is 9.97 Å². The van der Waals surface area contributed by atoms with E-state index in [-0.39, 0.29) is 11.4 Å². The van der Waals surface area contributed by atoms with Gasteiger partial charge >= 0.3 is 0 Å². The standard InChI is InChI=1S/C7H7ClN2O2/c1-4-3-11-5-2-9-7(8)10-6(5)12-4/h2,4H,3H2,1H3. The van der Waals surface area contributed by atoms with Crippen LogP contribution >= 0.6 is 11.6 Å². The summed E-state index contributed by atoms with van der Waals surface area (Å²) in [5, 5.41) is 0.173. The van der Waals surface area contributed by atoms with Gasteiger partial charge in [0.05, 0.1) is 6.20 Å². The van der Waals surface area contributed by atoms with Gasteiger partial charge in [0.15, 0.2) is 5.75 Å². The molecule has 0 saturated carbocycles. The lowest BCUT2D eigenvalue weighted by molar-refractivity contribution is 0.0970. The molecule has 2 rings (SSSR count). The summed E-state index contributed by atoms with van der Waals surface area (Å²) in [6.45, 7) is 2.43. The fourth-order valence-electron chi connectivity index (χ4n) is 0.950. The molecule has 1 aromatic rings. The summed E-state index contributed by atoms with van der Waals surface area (Å²) in [4.78, 5) is 7.64. The van der Waals surface area contributed by atoms with Gasteiger partial charge in [0, 0.05) is 0 Å². The van der Waals surface area contributed by atoms with Gasteiger partial charge in [-0.15, -0.1) is 0 Å². The van der Waals surface area contributed by atoms with Crippen molar-refractivity contribution < 1.29 is 9.47 Å². The highest BCUT2D eigenvalue weighted by atomic mass is 35.5. The topological polar surface area (TPSA) is 44.2 Å². The van der Waals surface area contributed by atoms with Gasteiger partial charge in [-0.2, -0.15) is 4.98 Å². The normalized spacial score (nSPS) is 20.7. The van der Waals surface area contributed by atoms with Crippen LogP contribution in [0.3, 0.4) is 0 Å².